The van der Waals surface area contributed by atoms with Crippen molar-refractivity contribution in [3.8, 4) is 11.6 Å². The van der Waals surface area contributed by atoms with E-state index in [2.05, 4.69) is 9.88 Å². The first-order valence-electron chi connectivity index (χ1n) is 12.1. The van der Waals surface area contributed by atoms with Gasteiger partial charge in [0, 0.05) is 44.1 Å². The number of carbonyl (C=O) groups is 1. The number of piperazine rings is 1. The standard InChI is InChI=1S/C26H26F3N5O4S/c1-37-21-4-3-16(26(27,28)29)13-19(21)34-20(15-23(35)36)24-18(6-12-39-24)31-25(34)33-10-8-32(9-11-33)17-5-7-30-22(14-17)38-2/h3-7,12-14,20H,8-11,15H2,1-2H3,(H,35,36)/t20-/m0/s1. The Morgan fingerprint density at radius 1 is 1.08 bits per heavy atom. The number of thiophene rings is 1. The maximum Gasteiger partial charge on any atom is 0.416 e. The molecule has 1 aromatic carbocycles. The van der Waals surface area contributed by atoms with Crippen LogP contribution in [0.5, 0.6) is 11.6 Å². The Bertz CT molecular complexity index is 1390. The molecule has 3 aromatic rings. The number of ether oxygens (including phenoxy) is 2. The highest BCUT2D eigenvalue weighted by Crippen LogP contribution is 2.47. The molecule has 0 saturated carbocycles. The molecule has 9 nitrogen and oxygen atoms in total. The van der Waals surface area contributed by atoms with E-state index >= 15 is 0 Å². The number of methoxy groups -OCH3 is 2. The maximum atomic E-state index is 13.8. The van der Waals surface area contributed by atoms with Crippen LogP contribution in [0.15, 0.2) is 53.0 Å². The van der Waals surface area contributed by atoms with Gasteiger partial charge in [-0.25, -0.2) is 9.98 Å². The van der Waals surface area contributed by atoms with Crippen molar-refractivity contribution >= 4 is 40.3 Å². The number of nitrogens with zero attached hydrogens (tertiary/aromatic N) is 5. The van der Waals surface area contributed by atoms with Crippen molar-refractivity contribution in [2.75, 3.05) is 50.2 Å². The van der Waals surface area contributed by atoms with Crippen LogP contribution in [0.25, 0.3) is 0 Å². The smallest absolute Gasteiger partial charge is 0.416 e. The molecule has 1 saturated heterocycles. The van der Waals surface area contributed by atoms with Crippen LogP contribution >= 0.6 is 11.3 Å². The molecule has 206 valence electrons. The van der Waals surface area contributed by atoms with Gasteiger partial charge in [0.2, 0.25) is 11.8 Å². The lowest BCUT2D eigenvalue weighted by Crippen LogP contribution is -2.55. The highest BCUT2D eigenvalue weighted by molar-refractivity contribution is 7.10. The largest absolute Gasteiger partial charge is 0.495 e. The number of hydrogen-bond donors (Lipinski definition) is 1. The zero-order valence-corrected chi connectivity index (χ0v) is 22.0. The average molecular weight is 562 g/mol. The summed E-state index contributed by atoms with van der Waals surface area (Å²) in [4.78, 5) is 27.4. The molecule has 0 unspecified atom stereocenters. The summed E-state index contributed by atoms with van der Waals surface area (Å²) < 4.78 is 52.0. The van der Waals surface area contributed by atoms with E-state index in [1.54, 1.807) is 24.3 Å². The molecule has 2 aromatic heterocycles. The van der Waals surface area contributed by atoms with Gasteiger partial charge in [-0.15, -0.1) is 11.3 Å². The molecule has 2 aliphatic heterocycles. The highest BCUT2D eigenvalue weighted by Gasteiger charge is 2.40. The zero-order chi connectivity index (χ0) is 27.7. The van der Waals surface area contributed by atoms with Gasteiger partial charge in [-0.3, -0.25) is 9.69 Å². The fourth-order valence-corrected chi connectivity index (χ4v) is 5.77. The molecule has 39 heavy (non-hydrogen) atoms. The van der Waals surface area contributed by atoms with Gasteiger partial charge < -0.3 is 24.4 Å². The zero-order valence-electron chi connectivity index (χ0n) is 21.2. The van der Waals surface area contributed by atoms with E-state index in [1.165, 1.54) is 24.5 Å². The number of aromatic nitrogens is 1. The molecule has 0 aliphatic carbocycles. The third-order valence-corrected chi connectivity index (χ3v) is 7.72. The minimum atomic E-state index is -4.60. The molecule has 2 aliphatic rings. The van der Waals surface area contributed by atoms with Crippen molar-refractivity contribution in [1.29, 1.82) is 0 Å². The van der Waals surface area contributed by atoms with Gasteiger partial charge in [-0.05, 0) is 35.7 Å². The van der Waals surface area contributed by atoms with Gasteiger partial charge in [0.05, 0.1) is 48.5 Å². The van der Waals surface area contributed by atoms with Gasteiger partial charge in [-0.1, -0.05) is 0 Å². The van der Waals surface area contributed by atoms with E-state index in [9.17, 15) is 23.1 Å². The second-order valence-electron chi connectivity index (χ2n) is 8.98. The minimum Gasteiger partial charge on any atom is -0.495 e. The Morgan fingerprint density at radius 2 is 1.82 bits per heavy atom. The van der Waals surface area contributed by atoms with Crippen molar-refractivity contribution in [2.45, 2.75) is 18.6 Å². The second-order valence-corrected chi connectivity index (χ2v) is 9.93. The van der Waals surface area contributed by atoms with Crippen LogP contribution in [0.4, 0.5) is 30.2 Å². The number of anilines is 2. The number of aliphatic carboxylic acids is 1. The van der Waals surface area contributed by atoms with Crippen molar-refractivity contribution in [1.82, 2.24) is 9.88 Å². The van der Waals surface area contributed by atoms with Gasteiger partial charge >= 0.3 is 12.1 Å². The summed E-state index contributed by atoms with van der Waals surface area (Å²) in [5.74, 6) is -0.00533. The third kappa shape index (κ3) is 5.31. The number of halogens is 3. The number of hydrogen-bond acceptors (Lipinski definition) is 9. The molecule has 0 spiro atoms. The predicted octanol–water partition coefficient (Wildman–Crippen LogP) is 5.02. The van der Waals surface area contributed by atoms with Crippen LogP contribution in [-0.4, -0.2) is 67.3 Å². The van der Waals surface area contributed by atoms with E-state index in [0.29, 0.717) is 48.6 Å². The molecule has 0 amide bonds. The number of alkyl halides is 3. The first-order chi connectivity index (χ1) is 18.7. The van der Waals surface area contributed by atoms with Crippen molar-refractivity contribution in [2.24, 2.45) is 4.99 Å². The van der Waals surface area contributed by atoms with Crippen LogP contribution < -0.4 is 19.3 Å². The molecule has 13 heteroatoms. The Balaban J connectivity index is 1.55. The van der Waals surface area contributed by atoms with E-state index < -0.39 is 23.8 Å². The number of pyridine rings is 1. The quantitative estimate of drug-likeness (QED) is 0.449. The van der Waals surface area contributed by atoms with Crippen LogP contribution in [-0.2, 0) is 11.0 Å². The first kappa shape index (κ1) is 26.6. The lowest BCUT2D eigenvalue weighted by Gasteiger charge is -2.44. The van der Waals surface area contributed by atoms with Crippen molar-refractivity contribution in [3.63, 3.8) is 0 Å². The Morgan fingerprint density at radius 3 is 2.49 bits per heavy atom. The van der Waals surface area contributed by atoms with Crippen LogP contribution in [0, 0.1) is 0 Å². The van der Waals surface area contributed by atoms with E-state index in [0.717, 1.165) is 17.8 Å². The van der Waals surface area contributed by atoms with Crippen LogP contribution in [0.3, 0.4) is 0 Å². The van der Waals surface area contributed by atoms with Gasteiger partial charge in [0.25, 0.3) is 0 Å². The summed E-state index contributed by atoms with van der Waals surface area (Å²) in [5.41, 5.74) is 0.801. The third-order valence-electron chi connectivity index (χ3n) is 6.71. The summed E-state index contributed by atoms with van der Waals surface area (Å²) in [6.07, 6.45) is -3.26. The monoisotopic (exact) mass is 561 g/mol. The minimum absolute atomic E-state index is 0.109. The molecule has 4 heterocycles. The molecule has 0 radical (unpaired) electrons. The normalized spacial score (nSPS) is 17.5. The Kier molecular flexibility index (Phi) is 7.25. The maximum absolute atomic E-state index is 13.8. The molecule has 5 rings (SSSR count). The number of aliphatic imine (C=N–C) groups is 1. The molecule has 1 N–H and O–H groups in total. The second kappa shape index (κ2) is 10.6. The van der Waals surface area contributed by atoms with Crippen LogP contribution in [0.1, 0.15) is 22.9 Å². The fraction of sp³-hybridized carbons (Fsp3) is 0.346. The number of rotatable bonds is 6. The van der Waals surface area contributed by atoms with Gasteiger partial charge in [0.1, 0.15) is 5.75 Å². The summed E-state index contributed by atoms with van der Waals surface area (Å²) in [6, 6.07) is 7.96. The van der Waals surface area contributed by atoms with Gasteiger partial charge in [-0.2, -0.15) is 13.2 Å². The lowest BCUT2D eigenvalue weighted by molar-refractivity contribution is -0.138. The predicted molar refractivity (Wildman–Crippen MR) is 141 cm³/mol. The summed E-state index contributed by atoms with van der Waals surface area (Å²) in [5, 5.41) is 11.6. The summed E-state index contributed by atoms with van der Waals surface area (Å²) in [7, 11) is 2.92. The summed E-state index contributed by atoms with van der Waals surface area (Å²) in [6.45, 7) is 2.20. The first-order valence-corrected chi connectivity index (χ1v) is 13.0. The Labute approximate surface area is 226 Å². The molecule has 0 bridgehead atoms. The molecule has 1 fully saturated rings. The number of carboxylic acids is 1. The SMILES string of the molecule is COc1cc(N2CCN(C3=Nc4ccsc4[C@H](CC(=O)O)N3c3cc(C(F)(F)F)ccc3OC)CC2)ccn1. The number of benzene rings is 1. The number of guanidine groups is 1. The Hall–Kier alpha value is -4.00. The molecule has 1 atom stereocenters. The average Bonchev–Trinajstić information content (AvgIpc) is 3.41. The molecular formula is C26H26F3N5O4S. The van der Waals surface area contributed by atoms with Crippen molar-refractivity contribution < 1.29 is 32.5 Å². The van der Waals surface area contributed by atoms with E-state index in [1.807, 2.05) is 22.4 Å². The number of fused-ring (bicyclic) bond motifs is 1. The van der Waals surface area contributed by atoms with E-state index in [4.69, 9.17) is 14.5 Å². The van der Waals surface area contributed by atoms with Crippen LogP contribution in [0.2, 0.25) is 0 Å². The highest BCUT2D eigenvalue weighted by atomic mass is 32.1. The lowest BCUT2D eigenvalue weighted by atomic mass is 10.0. The van der Waals surface area contributed by atoms with Gasteiger partial charge in [0.15, 0.2) is 0 Å². The summed E-state index contributed by atoms with van der Waals surface area (Å²) >= 11 is 1.33. The van der Waals surface area contributed by atoms with E-state index in [-0.39, 0.29) is 17.9 Å². The molecular weight excluding hydrogens is 535 g/mol. The fourth-order valence-electron chi connectivity index (χ4n) is 4.85. The topological polar surface area (TPSA) is 90.7 Å². The van der Waals surface area contributed by atoms with Crippen molar-refractivity contribution in [3.05, 3.63) is 58.4 Å². The number of carboxylic acid groups (broad SMARTS) is 1.